The highest BCUT2D eigenvalue weighted by molar-refractivity contribution is 5.79. The van der Waals surface area contributed by atoms with Gasteiger partial charge in [0.1, 0.15) is 5.75 Å². The number of hydrogen-bond acceptors (Lipinski definition) is 3. The van der Waals surface area contributed by atoms with E-state index in [1.807, 2.05) is 43.0 Å². The Bertz CT molecular complexity index is 501. The first-order valence-corrected chi connectivity index (χ1v) is 8.15. The quantitative estimate of drug-likeness (QED) is 0.910. The van der Waals surface area contributed by atoms with Gasteiger partial charge in [0.05, 0.1) is 12.5 Å². The molecule has 2 rings (SSSR count). The summed E-state index contributed by atoms with van der Waals surface area (Å²) in [5, 5.41) is 9.25. The van der Waals surface area contributed by atoms with Crippen molar-refractivity contribution in [1.29, 1.82) is 0 Å². The molecular formula is C18H27NO3. The third-order valence-corrected chi connectivity index (χ3v) is 4.19. The zero-order chi connectivity index (χ0) is 16.1. The molecule has 1 aromatic carbocycles. The fourth-order valence-electron chi connectivity index (χ4n) is 3.08. The molecule has 4 nitrogen and oxygen atoms in total. The molecule has 4 heteroatoms. The van der Waals surface area contributed by atoms with Gasteiger partial charge in [-0.25, -0.2) is 0 Å². The van der Waals surface area contributed by atoms with Crippen LogP contribution < -0.4 is 4.74 Å². The first-order valence-electron chi connectivity index (χ1n) is 8.15. The number of carbonyl (C=O) groups is 1. The van der Waals surface area contributed by atoms with Crippen LogP contribution in [0.3, 0.4) is 0 Å². The van der Waals surface area contributed by atoms with Crippen LogP contribution in [0.5, 0.6) is 5.75 Å². The monoisotopic (exact) mass is 305 g/mol. The van der Waals surface area contributed by atoms with Gasteiger partial charge in [-0.3, -0.25) is 4.79 Å². The van der Waals surface area contributed by atoms with Crippen LogP contribution in [-0.2, 0) is 11.2 Å². The predicted octanol–water partition coefficient (Wildman–Crippen LogP) is 2.64. The van der Waals surface area contributed by atoms with Gasteiger partial charge >= 0.3 is 0 Å². The number of aliphatic hydroxyl groups excluding tert-OH is 1. The van der Waals surface area contributed by atoms with E-state index in [1.54, 1.807) is 0 Å². The number of amides is 1. The summed E-state index contributed by atoms with van der Waals surface area (Å²) in [6.45, 7) is 7.02. The van der Waals surface area contributed by atoms with Gasteiger partial charge < -0.3 is 14.7 Å². The molecule has 1 aromatic rings. The second kappa shape index (κ2) is 7.63. The zero-order valence-corrected chi connectivity index (χ0v) is 13.8. The Labute approximate surface area is 133 Å². The van der Waals surface area contributed by atoms with Crippen LogP contribution in [0.1, 0.15) is 39.2 Å². The highest BCUT2D eigenvalue weighted by atomic mass is 16.5. The lowest BCUT2D eigenvalue weighted by Crippen LogP contribution is -2.45. The van der Waals surface area contributed by atoms with Crippen molar-refractivity contribution in [3.8, 4) is 5.75 Å². The van der Waals surface area contributed by atoms with Gasteiger partial charge in [0, 0.05) is 19.2 Å². The zero-order valence-electron chi connectivity index (χ0n) is 13.8. The molecule has 1 N–H and O–H groups in total. The lowest BCUT2D eigenvalue weighted by Gasteiger charge is -2.37. The molecular weight excluding hydrogens is 278 g/mol. The van der Waals surface area contributed by atoms with Crippen LogP contribution in [-0.4, -0.2) is 41.2 Å². The van der Waals surface area contributed by atoms with Crippen molar-refractivity contribution >= 4 is 5.91 Å². The van der Waals surface area contributed by atoms with Crippen LogP contribution in [0.25, 0.3) is 0 Å². The van der Waals surface area contributed by atoms with E-state index in [1.165, 1.54) is 0 Å². The normalized spacial score (nSPS) is 22.0. The van der Waals surface area contributed by atoms with E-state index >= 15 is 0 Å². The van der Waals surface area contributed by atoms with Gasteiger partial charge in [0.25, 0.3) is 0 Å². The fourth-order valence-corrected chi connectivity index (χ4v) is 3.08. The Morgan fingerprint density at radius 2 is 2.23 bits per heavy atom. The lowest BCUT2D eigenvalue weighted by atomic mass is 9.92. The molecule has 0 aromatic heterocycles. The predicted molar refractivity (Wildman–Crippen MR) is 86.9 cm³/mol. The molecule has 1 aliphatic heterocycles. The van der Waals surface area contributed by atoms with Crippen LogP contribution in [0.15, 0.2) is 24.3 Å². The third kappa shape index (κ3) is 4.47. The van der Waals surface area contributed by atoms with Crippen molar-refractivity contribution in [3.05, 3.63) is 29.8 Å². The Hall–Kier alpha value is -1.55. The van der Waals surface area contributed by atoms with E-state index in [0.717, 1.165) is 30.7 Å². The molecule has 0 unspecified atom stereocenters. The molecule has 1 amide bonds. The van der Waals surface area contributed by atoms with Gasteiger partial charge in [-0.1, -0.05) is 12.1 Å². The summed E-state index contributed by atoms with van der Waals surface area (Å²) in [6, 6.07) is 7.97. The van der Waals surface area contributed by atoms with E-state index in [0.29, 0.717) is 12.3 Å². The minimum absolute atomic E-state index is 0.128. The number of nitrogens with zero attached hydrogens (tertiary/aromatic N) is 1. The average molecular weight is 305 g/mol. The molecule has 0 spiro atoms. The highest BCUT2D eigenvalue weighted by Crippen LogP contribution is 2.23. The van der Waals surface area contributed by atoms with Gasteiger partial charge in [-0.2, -0.15) is 0 Å². The van der Waals surface area contributed by atoms with E-state index in [4.69, 9.17) is 4.74 Å². The molecule has 0 bridgehead atoms. The Balaban J connectivity index is 1.97. The first kappa shape index (κ1) is 16.8. The first-order chi connectivity index (χ1) is 10.5. The Morgan fingerprint density at radius 1 is 1.45 bits per heavy atom. The topological polar surface area (TPSA) is 49.8 Å². The molecule has 1 heterocycles. The Kier molecular flexibility index (Phi) is 5.83. The molecule has 0 aliphatic carbocycles. The molecule has 22 heavy (non-hydrogen) atoms. The van der Waals surface area contributed by atoms with Gasteiger partial charge in [-0.05, 0) is 57.2 Å². The minimum atomic E-state index is 0.128. The summed E-state index contributed by atoms with van der Waals surface area (Å²) in [6.07, 6.45) is 2.31. The molecule has 0 saturated carbocycles. The lowest BCUT2D eigenvalue weighted by molar-refractivity contribution is -0.134. The molecule has 122 valence electrons. The van der Waals surface area contributed by atoms with E-state index in [9.17, 15) is 9.90 Å². The summed E-state index contributed by atoms with van der Waals surface area (Å²) in [7, 11) is 0. The summed E-state index contributed by atoms with van der Waals surface area (Å²) in [4.78, 5) is 14.5. The number of carbonyl (C=O) groups excluding carboxylic acids is 1. The number of likely N-dealkylation sites (tertiary alicyclic amines) is 1. The summed E-state index contributed by atoms with van der Waals surface area (Å²) >= 11 is 0. The van der Waals surface area contributed by atoms with E-state index < -0.39 is 0 Å². The second-order valence-electron chi connectivity index (χ2n) is 6.50. The minimum Gasteiger partial charge on any atom is -0.491 e. The fraction of sp³-hybridized carbons (Fsp3) is 0.611. The summed E-state index contributed by atoms with van der Waals surface area (Å²) < 4.78 is 5.68. The van der Waals surface area contributed by atoms with Crippen LogP contribution in [0, 0.1) is 5.92 Å². The van der Waals surface area contributed by atoms with E-state index in [-0.39, 0.29) is 24.7 Å². The smallest absolute Gasteiger partial charge is 0.227 e. The van der Waals surface area contributed by atoms with Crippen molar-refractivity contribution in [2.75, 3.05) is 13.2 Å². The third-order valence-electron chi connectivity index (χ3n) is 4.19. The van der Waals surface area contributed by atoms with Crippen molar-refractivity contribution < 1.29 is 14.6 Å². The maximum atomic E-state index is 12.5. The molecule has 1 saturated heterocycles. The maximum Gasteiger partial charge on any atom is 0.227 e. The van der Waals surface area contributed by atoms with Gasteiger partial charge in [0.2, 0.25) is 5.91 Å². The van der Waals surface area contributed by atoms with Crippen LogP contribution in [0.2, 0.25) is 0 Å². The van der Waals surface area contributed by atoms with Crippen LogP contribution >= 0.6 is 0 Å². The van der Waals surface area contributed by atoms with Crippen molar-refractivity contribution in [1.82, 2.24) is 4.90 Å². The van der Waals surface area contributed by atoms with Crippen molar-refractivity contribution in [3.63, 3.8) is 0 Å². The van der Waals surface area contributed by atoms with Crippen molar-refractivity contribution in [2.24, 2.45) is 5.92 Å². The van der Waals surface area contributed by atoms with Crippen molar-refractivity contribution in [2.45, 2.75) is 52.2 Å². The van der Waals surface area contributed by atoms with Crippen LogP contribution in [0.4, 0.5) is 0 Å². The number of aliphatic hydroxyl groups is 1. The van der Waals surface area contributed by atoms with Gasteiger partial charge in [0.15, 0.2) is 0 Å². The Morgan fingerprint density at radius 3 is 2.86 bits per heavy atom. The SMILES string of the molecule is CC(C)Oc1cccc(CC(=O)N2CC[C@H](CO)C[C@@H]2C)c1. The molecule has 2 atom stereocenters. The number of benzene rings is 1. The maximum absolute atomic E-state index is 12.5. The summed E-state index contributed by atoms with van der Waals surface area (Å²) in [5.74, 6) is 1.31. The number of ether oxygens (including phenoxy) is 1. The largest absolute Gasteiger partial charge is 0.491 e. The number of piperidine rings is 1. The average Bonchev–Trinajstić information content (AvgIpc) is 2.46. The summed E-state index contributed by atoms with van der Waals surface area (Å²) in [5.41, 5.74) is 0.986. The number of hydrogen-bond donors (Lipinski definition) is 1. The standard InChI is InChI=1S/C18H27NO3/c1-13(2)22-17-6-4-5-15(10-17)11-18(21)19-8-7-16(12-20)9-14(19)3/h4-6,10,13-14,16,20H,7-9,11-12H2,1-3H3/t14-,16-/m0/s1. The van der Waals surface area contributed by atoms with E-state index in [2.05, 4.69) is 6.92 Å². The number of rotatable bonds is 5. The molecule has 1 aliphatic rings. The van der Waals surface area contributed by atoms with Gasteiger partial charge in [-0.15, -0.1) is 0 Å². The molecule has 0 radical (unpaired) electrons. The highest BCUT2D eigenvalue weighted by Gasteiger charge is 2.28. The molecule has 1 fully saturated rings. The second-order valence-corrected chi connectivity index (χ2v) is 6.50.